The fraction of sp³-hybridized carbons (Fsp3) is 0.938. The van der Waals surface area contributed by atoms with Crippen LogP contribution in [0.5, 0.6) is 0 Å². The van der Waals surface area contributed by atoms with E-state index in [2.05, 4.69) is 11.7 Å². The Morgan fingerprint density at radius 3 is 1.70 bits per heavy atom. The standard InChI is InChI=1S/C16H33NO3/c1-17-11-9-7-5-3-2-4-6-8-10-13-19-15-16-20-14-12-18/h18H,1-16H2. The largest absolute Gasteiger partial charge is 0.394 e. The molecule has 0 radical (unpaired) electrons. The fourth-order valence-corrected chi connectivity index (χ4v) is 2.05. The highest BCUT2D eigenvalue weighted by molar-refractivity contribution is 5.22. The number of ether oxygens (including phenoxy) is 2. The Hall–Kier alpha value is -0.450. The van der Waals surface area contributed by atoms with Crippen LogP contribution in [0.25, 0.3) is 0 Å². The molecular formula is C16H33NO3. The molecule has 0 aliphatic heterocycles. The van der Waals surface area contributed by atoms with Gasteiger partial charge in [-0.1, -0.05) is 44.9 Å². The second-order valence-corrected chi connectivity index (χ2v) is 5.08. The predicted molar refractivity (Wildman–Crippen MR) is 84.7 cm³/mol. The number of rotatable bonds is 17. The Labute approximate surface area is 124 Å². The van der Waals surface area contributed by atoms with E-state index < -0.39 is 0 Å². The summed E-state index contributed by atoms with van der Waals surface area (Å²) >= 11 is 0. The van der Waals surface area contributed by atoms with Gasteiger partial charge < -0.3 is 19.6 Å². The number of hydrogen-bond acceptors (Lipinski definition) is 4. The van der Waals surface area contributed by atoms with Gasteiger partial charge >= 0.3 is 0 Å². The van der Waals surface area contributed by atoms with Gasteiger partial charge in [0.1, 0.15) is 0 Å². The molecule has 0 unspecified atom stereocenters. The summed E-state index contributed by atoms with van der Waals surface area (Å²) < 4.78 is 10.5. The molecule has 0 atom stereocenters. The molecule has 0 aromatic carbocycles. The highest BCUT2D eigenvalue weighted by atomic mass is 16.5. The summed E-state index contributed by atoms with van der Waals surface area (Å²) in [4.78, 5) is 3.86. The first-order chi connectivity index (χ1) is 9.91. The Morgan fingerprint density at radius 1 is 0.650 bits per heavy atom. The van der Waals surface area contributed by atoms with Gasteiger partial charge in [-0.05, 0) is 19.6 Å². The molecular weight excluding hydrogens is 254 g/mol. The Bertz CT molecular complexity index is 189. The molecule has 0 heterocycles. The average molecular weight is 287 g/mol. The van der Waals surface area contributed by atoms with E-state index in [-0.39, 0.29) is 6.61 Å². The summed E-state index contributed by atoms with van der Waals surface area (Å²) in [6.07, 6.45) is 11.6. The first-order valence-electron chi connectivity index (χ1n) is 8.10. The summed E-state index contributed by atoms with van der Waals surface area (Å²) in [5.41, 5.74) is 0. The Morgan fingerprint density at radius 2 is 1.15 bits per heavy atom. The summed E-state index contributed by atoms with van der Waals surface area (Å²) in [6.45, 7) is 6.97. The first kappa shape index (κ1) is 19.6. The van der Waals surface area contributed by atoms with E-state index in [0.717, 1.165) is 19.6 Å². The Balaban J connectivity index is 2.90. The molecule has 1 N–H and O–H groups in total. The predicted octanol–water partition coefficient (Wildman–Crippen LogP) is 3.22. The van der Waals surface area contributed by atoms with Crippen LogP contribution < -0.4 is 0 Å². The van der Waals surface area contributed by atoms with Crippen LogP contribution in [-0.2, 0) is 9.47 Å². The second kappa shape index (κ2) is 18.6. The van der Waals surface area contributed by atoms with Crippen LogP contribution in [0.2, 0.25) is 0 Å². The monoisotopic (exact) mass is 287 g/mol. The van der Waals surface area contributed by atoms with Gasteiger partial charge in [0.05, 0.1) is 26.4 Å². The van der Waals surface area contributed by atoms with Crippen molar-refractivity contribution in [3.8, 4) is 0 Å². The van der Waals surface area contributed by atoms with Crippen molar-refractivity contribution in [2.45, 2.75) is 57.8 Å². The minimum absolute atomic E-state index is 0.0884. The van der Waals surface area contributed by atoms with E-state index in [1.54, 1.807) is 0 Å². The van der Waals surface area contributed by atoms with E-state index in [1.807, 2.05) is 0 Å². The van der Waals surface area contributed by atoms with E-state index >= 15 is 0 Å². The topological polar surface area (TPSA) is 51.0 Å². The summed E-state index contributed by atoms with van der Waals surface area (Å²) in [7, 11) is 0. The van der Waals surface area contributed by atoms with E-state index in [0.29, 0.717) is 19.8 Å². The van der Waals surface area contributed by atoms with Crippen LogP contribution in [0.3, 0.4) is 0 Å². The molecule has 0 aliphatic carbocycles. The molecule has 20 heavy (non-hydrogen) atoms. The average Bonchev–Trinajstić information content (AvgIpc) is 2.47. The van der Waals surface area contributed by atoms with Crippen molar-refractivity contribution in [2.24, 2.45) is 4.99 Å². The third-order valence-electron chi connectivity index (χ3n) is 3.21. The highest BCUT2D eigenvalue weighted by Gasteiger charge is 1.93. The van der Waals surface area contributed by atoms with Crippen LogP contribution >= 0.6 is 0 Å². The zero-order valence-electron chi connectivity index (χ0n) is 13.0. The fourth-order valence-electron chi connectivity index (χ4n) is 2.05. The van der Waals surface area contributed by atoms with Gasteiger partial charge in [0.25, 0.3) is 0 Å². The molecule has 0 bridgehead atoms. The lowest BCUT2D eigenvalue weighted by Gasteiger charge is -2.05. The van der Waals surface area contributed by atoms with Crippen molar-refractivity contribution in [3.63, 3.8) is 0 Å². The van der Waals surface area contributed by atoms with Crippen LogP contribution in [-0.4, -0.2) is 51.4 Å². The third kappa shape index (κ3) is 17.6. The maximum atomic E-state index is 8.51. The lowest BCUT2D eigenvalue weighted by atomic mass is 10.1. The summed E-state index contributed by atoms with van der Waals surface area (Å²) in [6, 6.07) is 0. The number of hydrogen-bond donors (Lipinski definition) is 1. The summed E-state index contributed by atoms with van der Waals surface area (Å²) in [5, 5.41) is 8.51. The van der Waals surface area contributed by atoms with Gasteiger partial charge in [-0.3, -0.25) is 0 Å². The smallest absolute Gasteiger partial charge is 0.0701 e. The molecule has 0 amide bonds. The summed E-state index contributed by atoms with van der Waals surface area (Å²) in [5.74, 6) is 0. The molecule has 0 saturated heterocycles. The van der Waals surface area contributed by atoms with Gasteiger partial charge in [0, 0.05) is 13.2 Å². The molecule has 0 aromatic rings. The normalized spacial score (nSPS) is 10.8. The van der Waals surface area contributed by atoms with Crippen LogP contribution in [0, 0.1) is 0 Å². The van der Waals surface area contributed by atoms with E-state index in [4.69, 9.17) is 14.6 Å². The van der Waals surface area contributed by atoms with Crippen molar-refractivity contribution in [1.29, 1.82) is 0 Å². The van der Waals surface area contributed by atoms with Gasteiger partial charge in [-0.25, -0.2) is 0 Å². The molecule has 0 spiro atoms. The maximum absolute atomic E-state index is 8.51. The minimum atomic E-state index is 0.0884. The SMILES string of the molecule is C=NCCCCCCCCCCCOCCOCCO. The molecule has 4 nitrogen and oxygen atoms in total. The van der Waals surface area contributed by atoms with Gasteiger partial charge in [-0.15, -0.1) is 0 Å². The van der Waals surface area contributed by atoms with Crippen molar-refractivity contribution in [1.82, 2.24) is 0 Å². The molecule has 0 fully saturated rings. The number of unbranched alkanes of at least 4 members (excludes halogenated alkanes) is 8. The zero-order valence-corrected chi connectivity index (χ0v) is 13.0. The Kier molecular flexibility index (Phi) is 18.1. The quantitative estimate of drug-likeness (QED) is 0.330. The number of nitrogens with zero attached hydrogens (tertiary/aromatic N) is 1. The molecule has 0 rings (SSSR count). The third-order valence-corrected chi connectivity index (χ3v) is 3.21. The molecule has 120 valence electrons. The first-order valence-corrected chi connectivity index (χ1v) is 8.10. The maximum Gasteiger partial charge on any atom is 0.0701 e. The van der Waals surface area contributed by atoms with Crippen molar-refractivity contribution < 1.29 is 14.6 Å². The van der Waals surface area contributed by atoms with Crippen molar-refractivity contribution in [2.75, 3.05) is 39.6 Å². The lowest BCUT2D eigenvalue weighted by Crippen LogP contribution is -2.07. The zero-order chi connectivity index (χ0) is 14.7. The van der Waals surface area contributed by atoms with E-state index in [9.17, 15) is 0 Å². The van der Waals surface area contributed by atoms with Crippen molar-refractivity contribution in [3.05, 3.63) is 0 Å². The molecule has 0 aromatic heterocycles. The number of aliphatic imine (C=N–C) groups is 1. The van der Waals surface area contributed by atoms with Gasteiger partial charge in [0.15, 0.2) is 0 Å². The molecule has 4 heteroatoms. The minimum Gasteiger partial charge on any atom is -0.394 e. The van der Waals surface area contributed by atoms with E-state index in [1.165, 1.54) is 51.4 Å². The van der Waals surface area contributed by atoms with Crippen LogP contribution in [0.15, 0.2) is 4.99 Å². The van der Waals surface area contributed by atoms with Crippen LogP contribution in [0.4, 0.5) is 0 Å². The molecule has 0 aliphatic rings. The van der Waals surface area contributed by atoms with Crippen molar-refractivity contribution >= 4 is 6.72 Å². The number of aliphatic hydroxyl groups is 1. The van der Waals surface area contributed by atoms with Crippen LogP contribution in [0.1, 0.15) is 57.8 Å². The van der Waals surface area contributed by atoms with Gasteiger partial charge in [0.2, 0.25) is 0 Å². The highest BCUT2D eigenvalue weighted by Crippen LogP contribution is 2.09. The molecule has 0 saturated carbocycles. The second-order valence-electron chi connectivity index (χ2n) is 5.08. The van der Waals surface area contributed by atoms with Gasteiger partial charge in [-0.2, -0.15) is 0 Å². The lowest BCUT2D eigenvalue weighted by molar-refractivity contribution is 0.0321. The number of aliphatic hydroxyl groups excluding tert-OH is 1.